The molecule has 4 heteroatoms. The van der Waals surface area contributed by atoms with Crippen molar-refractivity contribution in [1.82, 2.24) is 9.38 Å². The Morgan fingerprint density at radius 3 is 2.37 bits per heavy atom. The number of fused-ring (bicyclic) bond motifs is 1. The Balaban J connectivity index is 1.98. The summed E-state index contributed by atoms with van der Waals surface area (Å²) in [4.78, 5) is 5.02. The summed E-state index contributed by atoms with van der Waals surface area (Å²) in [6, 6.07) is 19.3. The van der Waals surface area contributed by atoms with Gasteiger partial charge in [0.25, 0.3) is 0 Å². The Morgan fingerprint density at radius 2 is 1.67 bits per heavy atom. The number of nitrogens with zero attached hydrogens (tertiary/aromatic N) is 2. The Morgan fingerprint density at radius 1 is 0.926 bits per heavy atom. The number of pyridine rings is 1. The van der Waals surface area contributed by atoms with E-state index in [9.17, 15) is 0 Å². The van der Waals surface area contributed by atoms with Crippen molar-refractivity contribution in [3.63, 3.8) is 0 Å². The number of aromatic nitrogens is 2. The van der Waals surface area contributed by atoms with Crippen molar-refractivity contribution in [3.05, 3.63) is 91.6 Å². The lowest BCUT2D eigenvalue weighted by molar-refractivity contribution is 0.971. The van der Waals surface area contributed by atoms with Crippen LogP contribution in [-0.4, -0.2) is 9.38 Å². The molecular formula is C23H20Br2N2. The van der Waals surface area contributed by atoms with Gasteiger partial charge < -0.3 is 0 Å². The minimum absolute atomic E-state index is 0.833. The molecule has 2 nitrogen and oxygen atoms in total. The zero-order valence-corrected chi connectivity index (χ0v) is 18.7. The predicted molar refractivity (Wildman–Crippen MR) is 119 cm³/mol. The van der Waals surface area contributed by atoms with Gasteiger partial charge in [0.2, 0.25) is 0 Å². The Kier molecular flexibility index (Phi) is 4.95. The van der Waals surface area contributed by atoms with Gasteiger partial charge in [-0.05, 0) is 66.0 Å². The van der Waals surface area contributed by atoms with Gasteiger partial charge in [-0.3, -0.25) is 4.40 Å². The molecule has 0 atom stereocenters. The van der Waals surface area contributed by atoms with Crippen molar-refractivity contribution < 1.29 is 0 Å². The number of rotatable bonds is 3. The van der Waals surface area contributed by atoms with Gasteiger partial charge in [0.15, 0.2) is 0 Å². The van der Waals surface area contributed by atoms with Gasteiger partial charge >= 0.3 is 0 Å². The zero-order chi connectivity index (χ0) is 19.1. The summed E-state index contributed by atoms with van der Waals surface area (Å²) < 4.78 is 4.48. The van der Waals surface area contributed by atoms with Crippen LogP contribution in [0.4, 0.5) is 0 Å². The Hall–Kier alpha value is -1.91. The van der Waals surface area contributed by atoms with Gasteiger partial charge in [-0.25, -0.2) is 4.98 Å². The maximum absolute atomic E-state index is 5.02. The lowest BCUT2D eigenvalue weighted by Gasteiger charge is -2.11. The largest absolute Gasteiger partial charge is 0.299 e. The first kappa shape index (κ1) is 18.5. The van der Waals surface area contributed by atoms with E-state index in [1.54, 1.807) is 0 Å². The Labute approximate surface area is 176 Å². The molecule has 0 aliphatic rings. The molecule has 0 bridgehead atoms. The second kappa shape index (κ2) is 7.25. The van der Waals surface area contributed by atoms with Gasteiger partial charge in [0.1, 0.15) is 5.65 Å². The van der Waals surface area contributed by atoms with Crippen LogP contribution in [0.3, 0.4) is 0 Å². The van der Waals surface area contributed by atoms with Gasteiger partial charge in [0.05, 0.1) is 11.4 Å². The smallest absolute Gasteiger partial charge is 0.138 e. The molecule has 2 aromatic carbocycles. The number of benzene rings is 2. The van der Waals surface area contributed by atoms with E-state index in [0.29, 0.717) is 0 Å². The van der Waals surface area contributed by atoms with Crippen molar-refractivity contribution in [2.24, 2.45) is 0 Å². The van der Waals surface area contributed by atoms with E-state index in [1.807, 2.05) is 6.07 Å². The zero-order valence-electron chi connectivity index (χ0n) is 15.6. The average Bonchev–Trinajstić information content (AvgIpc) is 3.00. The molecule has 0 saturated carbocycles. The quantitative estimate of drug-likeness (QED) is 0.305. The lowest BCUT2D eigenvalue weighted by Crippen LogP contribution is -2.02. The van der Waals surface area contributed by atoms with Gasteiger partial charge in [-0.2, -0.15) is 0 Å². The number of imidazole rings is 1. The van der Waals surface area contributed by atoms with Crippen molar-refractivity contribution >= 4 is 37.5 Å². The average molecular weight is 484 g/mol. The molecule has 0 fully saturated rings. The van der Waals surface area contributed by atoms with Crippen molar-refractivity contribution in [2.75, 3.05) is 0 Å². The summed E-state index contributed by atoms with van der Waals surface area (Å²) in [6.07, 6.45) is 0.833. The van der Waals surface area contributed by atoms with Crippen LogP contribution in [0.15, 0.2) is 63.5 Å². The molecule has 0 aliphatic carbocycles. The molecule has 4 rings (SSSR count). The van der Waals surface area contributed by atoms with Crippen molar-refractivity contribution in [1.29, 1.82) is 0 Å². The molecule has 0 aliphatic heterocycles. The highest BCUT2D eigenvalue weighted by Crippen LogP contribution is 2.32. The molecule has 4 aromatic rings. The minimum Gasteiger partial charge on any atom is -0.299 e. The SMILES string of the molecule is Cc1ccc(Cc2c(-c3cccc(Br)c3)nc3cc(C)c(Br)c(C)n23)cc1. The first-order valence-corrected chi connectivity index (χ1v) is 10.5. The van der Waals surface area contributed by atoms with Crippen LogP contribution < -0.4 is 0 Å². The monoisotopic (exact) mass is 482 g/mol. The molecule has 0 spiro atoms. The third-order valence-corrected chi connectivity index (χ3v) is 6.63. The molecule has 2 heterocycles. The highest BCUT2D eigenvalue weighted by Gasteiger charge is 2.18. The van der Waals surface area contributed by atoms with Gasteiger partial charge in [0, 0.05) is 26.6 Å². The minimum atomic E-state index is 0.833. The molecular weight excluding hydrogens is 464 g/mol. The van der Waals surface area contributed by atoms with E-state index in [4.69, 9.17) is 4.98 Å². The third kappa shape index (κ3) is 3.48. The standard InChI is InChI=1S/C23H20Br2N2/c1-14-7-9-17(10-8-14)12-20-23(18-5-4-6-19(24)13-18)26-21-11-15(2)22(25)16(3)27(20)21/h4-11,13H,12H2,1-3H3. The number of halogens is 2. The van der Waals surface area contributed by atoms with E-state index in [2.05, 4.69) is 106 Å². The maximum Gasteiger partial charge on any atom is 0.138 e. The molecule has 0 N–H and O–H groups in total. The summed E-state index contributed by atoms with van der Waals surface area (Å²) in [5.41, 5.74) is 9.32. The van der Waals surface area contributed by atoms with E-state index >= 15 is 0 Å². The fourth-order valence-corrected chi connectivity index (χ4v) is 4.20. The van der Waals surface area contributed by atoms with Crippen LogP contribution in [0.5, 0.6) is 0 Å². The van der Waals surface area contributed by atoms with E-state index < -0.39 is 0 Å². The highest BCUT2D eigenvalue weighted by atomic mass is 79.9. The van der Waals surface area contributed by atoms with E-state index in [-0.39, 0.29) is 0 Å². The van der Waals surface area contributed by atoms with Gasteiger partial charge in [-0.1, -0.05) is 57.9 Å². The molecule has 27 heavy (non-hydrogen) atoms. The normalized spacial score (nSPS) is 11.3. The topological polar surface area (TPSA) is 17.3 Å². The number of hydrogen-bond acceptors (Lipinski definition) is 1. The maximum atomic E-state index is 5.02. The molecule has 0 saturated heterocycles. The fourth-order valence-electron chi connectivity index (χ4n) is 3.51. The predicted octanol–water partition coefficient (Wildman–Crippen LogP) is 7.04. The molecule has 0 radical (unpaired) electrons. The second-order valence-electron chi connectivity index (χ2n) is 7.00. The number of aryl methyl sites for hydroxylation is 3. The van der Waals surface area contributed by atoms with Crippen LogP contribution in [-0.2, 0) is 6.42 Å². The summed E-state index contributed by atoms with van der Waals surface area (Å²) >= 11 is 7.35. The fraction of sp³-hybridized carbons (Fsp3) is 0.174. The molecule has 2 aromatic heterocycles. The van der Waals surface area contributed by atoms with Crippen LogP contribution in [0, 0.1) is 20.8 Å². The first-order chi connectivity index (χ1) is 12.9. The first-order valence-electron chi connectivity index (χ1n) is 8.92. The van der Waals surface area contributed by atoms with Crippen LogP contribution >= 0.6 is 31.9 Å². The van der Waals surface area contributed by atoms with Crippen LogP contribution in [0.2, 0.25) is 0 Å². The third-order valence-electron chi connectivity index (χ3n) is 4.93. The van der Waals surface area contributed by atoms with Crippen molar-refractivity contribution in [3.8, 4) is 11.3 Å². The Bertz CT molecular complexity index is 1140. The summed E-state index contributed by atoms with van der Waals surface area (Å²) in [6.45, 7) is 6.38. The highest BCUT2D eigenvalue weighted by molar-refractivity contribution is 9.10. The molecule has 0 amide bonds. The molecule has 136 valence electrons. The number of hydrogen-bond donors (Lipinski definition) is 0. The lowest BCUT2D eigenvalue weighted by atomic mass is 10.0. The van der Waals surface area contributed by atoms with Crippen LogP contribution in [0.25, 0.3) is 16.9 Å². The van der Waals surface area contributed by atoms with E-state index in [0.717, 1.165) is 32.3 Å². The van der Waals surface area contributed by atoms with Crippen LogP contribution in [0.1, 0.15) is 28.1 Å². The summed E-state index contributed by atoms with van der Waals surface area (Å²) in [5.74, 6) is 0. The summed E-state index contributed by atoms with van der Waals surface area (Å²) in [7, 11) is 0. The second-order valence-corrected chi connectivity index (χ2v) is 8.71. The van der Waals surface area contributed by atoms with Crippen molar-refractivity contribution in [2.45, 2.75) is 27.2 Å². The van der Waals surface area contributed by atoms with Gasteiger partial charge in [-0.15, -0.1) is 0 Å². The molecule has 0 unspecified atom stereocenters. The van der Waals surface area contributed by atoms with E-state index in [1.165, 1.54) is 28.1 Å². The summed E-state index contributed by atoms with van der Waals surface area (Å²) in [5, 5.41) is 0.